The summed E-state index contributed by atoms with van der Waals surface area (Å²) in [4.78, 5) is 31.0. The third-order valence-corrected chi connectivity index (χ3v) is 5.77. The highest BCUT2D eigenvalue weighted by atomic mass is 32.1. The van der Waals surface area contributed by atoms with Gasteiger partial charge in [-0.05, 0) is 30.0 Å². The minimum atomic E-state index is -0.436. The molecule has 136 valence electrons. The van der Waals surface area contributed by atoms with Crippen LogP contribution in [-0.4, -0.2) is 22.2 Å². The topological polar surface area (TPSA) is 73.2 Å². The van der Waals surface area contributed by atoms with Gasteiger partial charge in [0.05, 0.1) is 5.39 Å². The van der Waals surface area contributed by atoms with Gasteiger partial charge in [-0.3, -0.25) is 15.0 Å². The molecular weight excluding hydrogens is 382 g/mol. The summed E-state index contributed by atoms with van der Waals surface area (Å²) in [6.45, 7) is 1.70. The molecule has 0 spiro atoms. The average Bonchev–Trinajstić information content (AvgIpc) is 3.33. The second kappa shape index (κ2) is 7.34. The molecule has 0 atom stereocenters. The van der Waals surface area contributed by atoms with Crippen LogP contribution >= 0.6 is 22.7 Å². The van der Waals surface area contributed by atoms with Gasteiger partial charge in [0.25, 0.3) is 11.5 Å². The van der Waals surface area contributed by atoms with Crippen LogP contribution in [0.25, 0.3) is 20.7 Å². The van der Waals surface area contributed by atoms with Crippen LogP contribution in [-0.2, 0) is 4.79 Å². The second-order valence-electron chi connectivity index (χ2n) is 5.82. The first kappa shape index (κ1) is 17.4. The first-order chi connectivity index (χ1) is 13.1. The second-order valence-corrected chi connectivity index (χ2v) is 7.62. The van der Waals surface area contributed by atoms with Gasteiger partial charge in [0.15, 0.2) is 6.61 Å². The van der Waals surface area contributed by atoms with Gasteiger partial charge >= 0.3 is 0 Å². The first-order valence-electron chi connectivity index (χ1n) is 8.14. The Kier molecular flexibility index (Phi) is 4.74. The van der Waals surface area contributed by atoms with Crippen LogP contribution in [0.1, 0.15) is 5.56 Å². The summed E-state index contributed by atoms with van der Waals surface area (Å²) in [7, 11) is 0. The first-order valence-corrected chi connectivity index (χ1v) is 9.90. The van der Waals surface area contributed by atoms with E-state index in [-0.39, 0.29) is 12.2 Å². The number of rotatable bonds is 5. The quantitative estimate of drug-likeness (QED) is 0.558. The lowest BCUT2D eigenvalue weighted by Gasteiger charge is -2.10. The Bertz CT molecular complexity index is 1160. The van der Waals surface area contributed by atoms with E-state index in [2.05, 4.69) is 10.4 Å². The van der Waals surface area contributed by atoms with Crippen molar-refractivity contribution < 1.29 is 9.53 Å². The van der Waals surface area contributed by atoms with Gasteiger partial charge < -0.3 is 4.74 Å². The van der Waals surface area contributed by atoms with Crippen molar-refractivity contribution in [1.29, 1.82) is 0 Å². The summed E-state index contributed by atoms with van der Waals surface area (Å²) in [5.74, 6) is 0.195. The van der Waals surface area contributed by atoms with E-state index in [4.69, 9.17) is 4.74 Å². The summed E-state index contributed by atoms with van der Waals surface area (Å²) in [6, 6.07) is 11.3. The number of nitrogens with one attached hydrogen (secondary N) is 1. The van der Waals surface area contributed by atoms with Crippen molar-refractivity contribution >= 4 is 38.8 Å². The van der Waals surface area contributed by atoms with E-state index in [1.807, 2.05) is 48.0 Å². The maximum atomic E-state index is 12.8. The molecule has 0 bridgehead atoms. The van der Waals surface area contributed by atoms with Crippen LogP contribution in [0.3, 0.4) is 0 Å². The number of hydrogen-bond acceptors (Lipinski definition) is 6. The van der Waals surface area contributed by atoms with E-state index >= 15 is 0 Å². The van der Waals surface area contributed by atoms with Crippen LogP contribution in [0.4, 0.5) is 0 Å². The third kappa shape index (κ3) is 3.49. The summed E-state index contributed by atoms with van der Waals surface area (Å²) >= 11 is 2.96. The monoisotopic (exact) mass is 397 g/mol. The summed E-state index contributed by atoms with van der Waals surface area (Å²) in [5.41, 5.74) is 4.00. The van der Waals surface area contributed by atoms with Crippen LogP contribution in [0.2, 0.25) is 0 Å². The number of nitrogens with zero attached hydrogens (tertiary/aromatic N) is 2. The number of hydrogen-bond donors (Lipinski definition) is 1. The molecule has 3 heterocycles. The summed E-state index contributed by atoms with van der Waals surface area (Å²) < 4.78 is 6.63. The Morgan fingerprint density at radius 1 is 1.22 bits per heavy atom. The van der Waals surface area contributed by atoms with E-state index < -0.39 is 5.91 Å². The molecule has 0 aliphatic rings. The standard InChI is InChI=1S/C19H15N3O3S2/c1-12-5-2-3-6-14(12)25-9-16(23)21-22-11-20-18-17(19(22)24)13(10-27-18)15-7-4-8-26-15/h2-8,10-11H,9H2,1H3,(H,21,23). The molecule has 0 aliphatic carbocycles. The maximum Gasteiger partial charge on any atom is 0.281 e. The molecule has 0 aliphatic heterocycles. The Morgan fingerprint density at radius 2 is 2.07 bits per heavy atom. The summed E-state index contributed by atoms with van der Waals surface area (Å²) in [5, 5.41) is 4.38. The molecule has 8 heteroatoms. The molecule has 4 rings (SSSR count). The molecular formula is C19H15N3O3S2. The molecule has 1 N–H and O–H groups in total. The number of ether oxygens (including phenoxy) is 1. The molecule has 6 nitrogen and oxygen atoms in total. The number of carbonyl (C=O) groups is 1. The van der Waals surface area contributed by atoms with Crippen molar-refractivity contribution in [3.8, 4) is 16.2 Å². The number of aryl methyl sites for hydroxylation is 1. The molecule has 0 unspecified atom stereocenters. The number of carbonyl (C=O) groups excluding carboxylic acids is 1. The molecule has 0 fully saturated rings. The van der Waals surface area contributed by atoms with Gasteiger partial charge in [0, 0.05) is 15.8 Å². The largest absolute Gasteiger partial charge is 0.483 e. The molecule has 27 heavy (non-hydrogen) atoms. The van der Waals surface area contributed by atoms with Gasteiger partial charge in [0.2, 0.25) is 0 Å². The van der Waals surface area contributed by atoms with Crippen molar-refractivity contribution in [3.63, 3.8) is 0 Å². The number of para-hydroxylation sites is 1. The molecule has 0 saturated carbocycles. The van der Waals surface area contributed by atoms with Crippen molar-refractivity contribution in [2.45, 2.75) is 6.92 Å². The minimum absolute atomic E-state index is 0.198. The van der Waals surface area contributed by atoms with E-state index in [0.29, 0.717) is 16.0 Å². The molecule has 3 aromatic heterocycles. The maximum absolute atomic E-state index is 12.8. The fourth-order valence-electron chi connectivity index (χ4n) is 2.65. The summed E-state index contributed by atoms with van der Waals surface area (Å²) in [6.07, 6.45) is 1.32. The van der Waals surface area contributed by atoms with Gasteiger partial charge in [-0.25, -0.2) is 9.66 Å². The van der Waals surface area contributed by atoms with Gasteiger partial charge in [-0.15, -0.1) is 22.7 Å². The van der Waals surface area contributed by atoms with Gasteiger partial charge in [-0.2, -0.15) is 0 Å². The highest BCUT2D eigenvalue weighted by Crippen LogP contribution is 2.33. The fourth-order valence-corrected chi connectivity index (χ4v) is 4.37. The van der Waals surface area contributed by atoms with Crippen LogP contribution < -0.4 is 15.7 Å². The lowest BCUT2D eigenvalue weighted by atomic mass is 10.2. The number of aromatic nitrogens is 2. The Hall–Kier alpha value is -2.97. The normalized spacial score (nSPS) is 10.9. The minimum Gasteiger partial charge on any atom is -0.483 e. The van der Waals surface area contributed by atoms with E-state index in [0.717, 1.165) is 20.7 Å². The predicted molar refractivity (Wildman–Crippen MR) is 108 cm³/mol. The zero-order chi connectivity index (χ0) is 18.8. The van der Waals surface area contributed by atoms with E-state index in [1.54, 1.807) is 17.4 Å². The molecule has 1 aromatic carbocycles. The molecule has 4 aromatic rings. The lowest BCUT2D eigenvalue weighted by molar-refractivity contribution is -0.119. The Morgan fingerprint density at radius 3 is 2.85 bits per heavy atom. The van der Waals surface area contributed by atoms with Gasteiger partial charge in [-0.1, -0.05) is 24.3 Å². The van der Waals surface area contributed by atoms with Crippen molar-refractivity contribution in [2.75, 3.05) is 12.0 Å². The number of amides is 1. The average molecular weight is 397 g/mol. The smallest absolute Gasteiger partial charge is 0.281 e. The van der Waals surface area contributed by atoms with Crippen LogP contribution in [0, 0.1) is 6.92 Å². The fraction of sp³-hybridized carbons (Fsp3) is 0.105. The zero-order valence-corrected chi connectivity index (χ0v) is 16.0. The highest BCUT2D eigenvalue weighted by Gasteiger charge is 2.15. The van der Waals surface area contributed by atoms with Crippen molar-refractivity contribution in [2.24, 2.45) is 0 Å². The molecule has 1 amide bonds. The third-order valence-electron chi connectivity index (χ3n) is 3.98. The number of fused-ring (bicyclic) bond motifs is 1. The Balaban J connectivity index is 1.56. The highest BCUT2D eigenvalue weighted by molar-refractivity contribution is 7.18. The van der Waals surface area contributed by atoms with E-state index in [1.165, 1.54) is 17.7 Å². The van der Waals surface area contributed by atoms with Crippen molar-refractivity contribution in [1.82, 2.24) is 9.66 Å². The Labute approximate surface area is 162 Å². The molecule has 0 saturated heterocycles. The van der Waals surface area contributed by atoms with Crippen LogP contribution in [0.5, 0.6) is 5.75 Å². The lowest BCUT2D eigenvalue weighted by Crippen LogP contribution is -2.35. The predicted octanol–water partition coefficient (Wildman–Crippen LogP) is 3.64. The molecule has 0 radical (unpaired) electrons. The van der Waals surface area contributed by atoms with E-state index in [9.17, 15) is 9.59 Å². The number of thiophene rings is 2. The SMILES string of the molecule is Cc1ccccc1OCC(=O)Nn1cnc2scc(-c3cccs3)c2c1=O. The van der Waals surface area contributed by atoms with Gasteiger partial charge in [0.1, 0.15) is 16.9 Å². The van der Waals surface area contributed by atoms with Crippen LogP contribution in [0.15, 0.2) is 58.3 Å². The zero-order valence-electron chi connectivity index (χ0n) is 14.3. The van der Waals surface area contributed by atoms with Crippen molar-refractivity contribution in [3.05, 3.63) is 69.4 Å². The number of benzene rings is 1.